The summed E-state index contributed by atoms with van der Waals surface area (Å²) in [5, 5.41) is 3.29. The first kappa shape index (κ1) is 17.9. The molecule has 0 aliphatic carbocycles. The van der Waals surface area contributed by atoms with Crippen molar-refractivity contribution in [2.24, 2.45) is 0 Å². The van der Waals surface area contributed by atoms with Crippen molar-refractivity contribution < 1.29 is 13.6 Å². The number of nitrogens with zero attached hydrogens (tertiary/aromatic N) is 1. The van der Waals surface area contributed by atoms with Crippen molar-refractivity contribution in [2.75, 3.05) is 20.6 Å². The predicted octanol–water partition coefficient (Wildman–Crippen LogP) is 3.04. The van der Waals surface area contributed by atoms with Crippen LogP contribution in [0.5, 0.6) is 0 Å². The van der Waals surface area contributed by atoms with Crippen LogP contribution < -0.4 is 10.7 Å². The van der Waals surface area contributed by atoms with Gasteiger partial charge in [0.2, 0.25) is 0 Å². The topological polar surface area (TPSA) is 75.7 Å². The Hall–Kier alpha value is -2.86. The number of rotatable bonds is 5. The number of aryl methyl sites for hydroxylation is 2. The van der Waals surface area contributed by atoms with Crippen molar-refractivity contribution in [3.8, 4) is 0 Å². The van der Waals surface area contributed by atoms with Gasteiger partial charge in [-0.05, 0) is 52.2 Å². The largest absolute Gasteiger partial charge is 0.465 e. The maximum absolute atomic E-state index is 12.5. The average Bonchev–Trinajstić information content (AvgIpc) is 3.01. The standard InChI is InChI=1S/C20H22N2O4/c1-12-5-7-17-14(9-12)16(23)10-19(26-17)20(24)21-11-15(22(3)4)18-8-6-13(2)25-18/h5-10,15H,11H2,1-4H3,(H,21,24). The molecule has 2 heterocycles. The Morgan fingerprint density at radius 2 is 1.88 bits per heavy atom. The van der Waals surface area contributed by atoms with Gasteiger partial charge in [0.25, 0.3) is 5.91 Å². The third kappa shape index (κ3) is 3.70. The molecule has 0 radical (unpaired) electrons. The Bertz CT molecular complexity index is 1000. The highest BCUT2D eigenvalue weighted by Gasteiger charge is 2.20. The summed E-state index contributed by atoms with van der Waals surface area (Å²) in [5.74, 6) is 1.15. The summed E-state index contributed by atoms with van der Waals surface area (Å²) in [7, 11) is 3.82. The number of amides is 1. The fourth-order valence-electron chi connectivity index (χ4n) is 2.83. The second kappa shape index (κ2) is 7.17. The molecule has 0 aliphatic heterocycles. The van der Waals surface area contributed by atoms with Crippen LogP contribution in [-0.2, 0) is 0 Å². The molecular weight excluding hydrogens is 332 g/mol. The van der Waals surface area contributed by atoms with Gasteiger partial charge < -0.3 is 14.2 Å². The van der Waals surface area contributed by atoms with Gasteiger partial charge in [0, 0.05) is 12.6 Å². The minimum absolute atomic E-state index is 0.000477. The molecule has 0 saturated heterocycles. The molecule has 6 nitrogen and oxygen atoms in total. The first-order chi connectivity index (χ1) is 12.3. The molecule has 6 heteroatoms. The van der Waals surface area contributed by atoms with E-state index in [2.05, 4.69) is 5.32 Å². The Morgan fingerprint density at radius 1 is 1.12 bits per heavy atom. The van der Waals surface area contributed by atoms with Crippen LogP contribution in [-0.4, -0.2) is 31.4 Å². The normalized spacial score (nSPS) is 12.5. The minimum Gasteiger partial charge on any atom is -0.465 e. The summed E-state index contributed by atoms with van der Waals surface area (Å²) >= 11 is 0. The molecule has 1 aromatic carbocycles. The first-order valence-corrected chi connectivity index (χ1v) is 8.40. The molecule has 0 aliphatic rings. The summed E-state index contributed by atoms with van der Waals surface area (Å²) < 4.78 is 11.3. The Morgan fingerprint density at radius 3 is 2.54 bits per heavy atom. The van der Waals surface area contributed by atoms with E-state index in [9.17, 15) is 9.59 Å². The van der Waals surface area contributed by atoms with E-state index in [0.717, 1.165) is 17.1 Å². The van der Waals surface area contributed by atoms with E-state index >= 15 is 0 Å². The predicted molar refractivity (Wildman–Crippen MR) is 99.4 cm³/mol. The number of benzene rings is 1. The van der Waals surface area contributed by atoms with E-state index in [0.29, 0.717) is 17.5 Å². The molecule has 0 spiro atoms. The zero-order chi connectivity index (χ0) is 18.8. The lowest BCUT2D eigenvalue weighted by molar-refractivity contribution is 0.0911. The van der Waals surface area contributed by atoms with Crippen LogP contribution in [0.4, 0.5) is 0 Å². The molecule has 0 fully saturated rings. The highest BCUT2D eigenvalue weighted by molar-refractivity contribution is 5.93. The van der Waals surface area contributed by atoms with Crippen LogP contribution in [0.1, 0.15) is 33.7 Å². The SMILES string of the molecule is Cc1ccc2oc(C(=O)NCC(c3ccc(C)o3)N(C)C)cc(=O)c2c1. The zero-order valence-electron chi connectivity index (χ0n) is 15.3. The Labute approximate surface area is 151 Å². The smallest absolute Gasteiger partial charge is 0.287 e. The minimum atomic E-state index is -0.431. The van der Waals surface area contributed by atoms with E-state index in [-0.39, 0.29) is 17.2 Å². The fraction of sp³-hybridized carbons (Fsp3) is 0.300. The third-order valence-electron chi connectivity index (χ3n) is 4.28. The lowest BCUT2D eigenvalue weighted by atomic mass is 10.1. The Kier molecular flexibility index (Phi) is 4.95. The molecule has 1 unspecified atom stereocenters. The lowest BCUT2D eigenvalue weighted by Gasteiger charge is -2.22. The number of nitrogens with one attached hydrogen (secondary N) is 1. The van der Waals surface area contributed by atoms with Crippen LogP contribution in [0.25, 0.3) is 11.0 Å². The quantitative estimate of drug-likeness (QED) is 0.762. The number of furan rings is 1. The summed E-state index contributed by atoms with van der Waals surface area (Å²) in [6.45, 7) is 4.10. The molecule has 0 saturated carbocycles. The van der Waals surface area contributed by atoms with Crippen LogP contribution in [0.15, 0.2) is 50.0 Å². The number of carbonyl (C=O) groups is 1. The number of likely N-dealkylation sites (N-methyl/N-ethyl adjacent to an activating group) is 1. The van der Waals surface area contributed by atoms with Gasteiger partial charge in [-0.15, -0.1) is 0 Å². The highest BCUT2D eigenvalue weighted by atomic mass is 16.3. The van der Waals surface area contributed by atoms with Crippen LogP contribution in [0.2, 0.25) is 0 Å². The average molecular weight is 354 g/mol. The second-order valence-electron chi connectivity index (χ2n) is 6.61. The van der Waals surface area contributed by atoms with Gasteiger partial charge in [-0.3, -0.25) is 14.5 Å². The molecule has 1 atom stereocenters. The van der Waals surface area contributed by atoms with Crippen molar-refractivity contribution in [3.63, 3.8) is 0 Å². The van der Waals surface area contributed by atoms with Crippen molar-refractivity contribution >= 4 is 16.9 Å². The van der Waals surface area contributed by atoms with E-state index < -0.39 is 5.91 Å². The van der Waals surface area contributed by atoms with Crippen molar-refractivity contribution in [3.05, 3.63) is 69.5 Å². The molecule has 2 aromatic heterocycles. The van der Waals surface area contributed by atoms with Gasteiger partial charge in [0.1, 0.15) is 17.1 Å². The maximum Gasteiger partial charge on any atom is 0.287 e. The van der Waals surface area contributed by atoms with Crippen molar-refractivity contribution in [1.82, 2.24) is 10.2 Å². The fourth-order valence-corrected chi connectivity index (χ4v) is 2.83. The molecule has 136 valence electrons. The van der Waals surface area contributed by atoms with Gasteiger partial charge in [-0.1, -0.05) is 11.6 Å². The van der Waals surface area contributed by atoms with Crippen molar-refractivity contribution in [2.45, 2.75) is 19.9 Å². The number of hydrogen-bond acceptors (Lipinski definition) is 5. The molecule has 3 aromatic rings. The van der Waals surface area contributed by atoms with Crippen LogP contribution in [0, 0.1) is 13.8 Å². The monoisotopic (exact) mass is 354 g/mol. The van der Waals surface area contributed by atoms with E-state index in [4.69, 9.17) is 8.83 Å². The molecule has 1 amide bonds. The number of fused-ring (bicyclic) bond motifs is 1. The van der Waals surface area contributed by atoms with Gasteiger partial charge in [-0.2, -0.15) is 0 Å². The summed E-state index contributed by atoms with van der Waals surface area (Å²) in [6, 6.07) is 10.2. The van der Waals surface area contributed by atoms with Crippen molar-refractivity contribution in [1.29, 1.82) is 0 Å². The molecule has 26 heavy (non-hydrogen) atoms. The highest BCUT2D eigenvalue weighted by Crippen LogP contribution is 2.20. The first-order valence-electron chi connectivity index (χ1n) is 8.40. The van der Waals surface area contributed by atoms with E-state index in [1.165, 1.54) is 6.07 Å². The number of hydrogen-bond donors (Lipinski definition) is 1. The molecular formula is C20H22N2O4. The van der Waals surface area contributed by atoms with Gasteiger partial charge in [0.15, 0.2) is 11.2 Å². The second-order valence-corrected chi connectivity index (χ2v) is 6.61. The van der Waals surface area contributed by atoms with Gasteiger partial charge in [0.05, 0.1) is 11.4 Å². The molecule has 1 N–H and O–H groups in total. The van der Waals surface area contributed by atoms with E-state index in [1.54, 1.807) is 12.1 Å². The lowest BCUT2D eigenvalue weighted by Crippen LogP contribution is -2.34. The summed E-state index contributed by atoms with van der Waals surface area (Å²) in [4.78, 5) is 26.7. The van der Waals surface area contributed by atoms with Crippen LogP contribution >= 0.6 is 0 Å². The zero-order valence-corrected chi connectivity index (χ0v) is 15.3. The molecule has 0 bridgehead atoms. The maximum atomic E-state index is 12.5. The van der Waals surface area contributed by atoms with Gasteiger partial charge in [-0.25, -0.2) is 0 Å². The van der Waals surface area contributed by atoms with E-state index in [1.807, 2.05) is 51.0 Å². The number of carbonyl (C=O) groups excluding carboxylic acids is 1. The van der Waals surface area contributed by atoms with Gasteiger partial charge >= 0.3 is 0 Å². The third-order valence-corrected chi connectivity index (χ3v) is 4.28. The molecule has 3 rings (SSSR count). The van der Waals surface area contributed by atoms with Crippen LogP contribution in [0.3, 0.4) is 0 Å². The summed E-state index contributed by atoms with van der Waals surface area (Å²) in [6.07, 6.45) is 0. The Balaban J connectivity index is 1.80. The summed E-state index contributed by atoms with van der Waals surface area (Å²) in [5.41, 5.74) is 1.13.